The Morgan fingerprint density at radius 3 is 2.59 bits per heavy atom. The number of rotatable bonds is 5. The van der Waals surface area contributed by atoms with E-state index >= 15 is 0 Å². The number of halogens is 2. The summed E-state index contributed by atoms with van der Waals surface area (Å²) in [7, 11) is 0. The molecular formula is C21H18Cl2N2O2S2. The highest BCUT2D eigenvalue weighted by atomic mass is 35.5. The van der Waals surface area contributed by atoms with Gasteiger partial charge in [-0.3, -0.25) is 9.59 Å². The van der Waals surface area contributed by atoms with E-state index in [1.165, 1.54) is 0 Å². The normalized spacial score (nSPS) is 14.9. The Balaban J connectivity index is 1.32. The lowest BCUT2D eigenvalue weighted by Gasteiger charge is -2.31. The molecule has 0 radical (unpaired) electrons. The van der Waals surface area contributed by atoms with Crippen LogP contribution in [0.15, 0.2) is 41.1 Å². The summed E-state index contributed by atoms with van der Waals surface area (Å²) in [6.45, 7) is 1.16. The zero-order chi connectivity index (χ0) is 20.4. The molecule has 0 unspecified atom stereocenters. The van der Waals surface area contributed by atoms with E-state index in [-0.39, 0.29) is 17.6 Å². The number of thiophene rings is 1. The largest absolute Gasteiger partial charge is 0.342 e. The Morgan fingerprint density at radius 2 is 1.90 bits per heavy atom. The first-order valence-corrected chi connectivity index (χ1v) is 11.8. The minimum absolute atomic E-state index is 0.0634. The van der Waals surface area contributed by atoms with Gasteiger partial charge in [0, 0.05) is 30.0 Å². The van der Waals surface area contributed by atoms with Crippen molar-refractivity contribution in [2.75, 3.05) is 13.1 Å². The van der Waals surface area contributed by atoms with Gasteiger partial charge < -0.3 is 4.90 Å². The Labute approximate surface area is 187 Å². The monoisotopic (exact) mass is 464 g/mol. The zero-order valence-electron chi connectivity index (χ0n) is 15.4. The number of thiazole rings is 1. The molecule has 3 heterocycles. The fraction of sp³-hybridized carbons (Fsp3) is 0.286. The molecule has 0 aliphatic carbocycles. The van der Waals surface area contributed by atoms with Gasteiger partial charge >= 0.3 is 0 Å². The summed E-state index contributed by atoms with van der Waals surface area (Å²) in [5.74, 6) is 0.0326. The molecule has 0 N–H and O–H groups in total. The third-order valence-electron chi connectivity index (χ3n) is 5.04. The molecular weight excluding hydrogens is 447 g/mol. The molecule has 150 valence electrons. The number of benzene rings is 1. The second-order valence-corrected chi connectivity index (χ2v) is 9.57. The lowest BCUT2D eigenvalue weighted by Crippen LogP contribution is -2.41. The second kappa shape index (κ2) is 8.96. The summed E-state index contributed by atoms with van der Waals surface area (Å²) in [5.41, 5.74) is 1.38. The van der Waals surface area contributed by atoms with Crippen molar-refractivity contribution in [1.82, 2.24) is 9.88 Å². The maximum Gasteiger partial charge on any atom is 0.228 e. The van der Waals surface area contributed by atoms with E-state index < -0.39 is 0 Å². The van der Waals surface area contributed by atoms with Crippen LogP contribution in [0, 0.1) is 5.92 Å². The number of hydrogen-bond donors (Lipinski definition) is 0. The predicted octanol–water partition coefficient (Wildman–Crippen LogP) is 5.84. The van der Waals surface area contributed by atoms with Gasteiger partial charge in [-0.05, 0) is 42.5 Å². The molecule has 1 aliphatic rings. The summed E-state index contributed by atoms with van der Waals surface area (Å²) >= 11 is 15.2. The number of hydrogen-bond acceptors (Lipinski definition) is 5. The predicted molar refractivity (Wildman–Crippen MR) is 119 cm³/mol. The van der Waals surface area contributed by atoms with Gasteiger partial charge in [-0.25, -0.2) is 4.98 Å². The summed E-state index contributed by atoms with van der Waals surface area (Å²) in [5, 5.41) is 5.75. The number of ketones is 1. The van der Waals surface area contributed by atoms with Gasteiger partial charge in [0.25, 0.3) is 0 Å². The maximum atomic E-state index is 12.7. The number of carbonyl (C=O) groups is 2. The van der Waals surface area contributed by atoms with Gasteiger partial charge in [0.05, 0.1) is 27.0 Å². The highest BCUT2D eigenvalue weighted by Crippen LogP contribution is 2.29. The fourth-order valence-electron chi connectivity index (χ4n) is 3.44. The minimum atomic E-state index is -0.0963. The van der Waals surface area contributed by atoms with Gasteiger partial charge in [-0.15, -0.1) is 22.7 Å². The second-order valence-electron chi connectivity index (χ2n) is 6.95. The molecule has 0 saturated carbocycles. The third kappa shape index (κ3) is 4.72. The summed E-state index contributed by atoms with van der Waals surface area (Å²) in [6, 6.07) is 9.01. The Bertz CT molecular complexity index is 1030. The molecule has 0 spiro atoms. The number of aromatic nitrogens is 1. The highest BCUT2D eigenvalue weighted by Gasteiger charge is 2.28. The molecule has 1 aliphatic heterocycles. The van der Waals surface area contributed by atoms with E-state index in [9.17, 15) is 9.59 Å². The van der Waals surface area contributed by atoms with Gasteiger partial charge in [-0.1, -0.05) is 29.3 Å². The molecule has 1 amide bonds. The van der Waals surface area contributed by atoms with Crippen molar-refractivity contribution in [3.8, 4) is 9.88 Å². The smallest absolute Gasteiger partial charge is 0.228 e. The molecule has 4 nitrogen and oxygen atoms in total. The number of piperidine rings is 1. The molecule has 0 bridgehead atoms. The van der Waals surface area contributed by atoms with Crippen LogP contribution in [-0.2, 0) is 11.2 Å². The SMILES string of the molecule is O=C(c1ccc(Cl)c(Cl)c1)C1CCN(C(=O)Cc2csc(-c3cccs3)n2)CC1. The number of amides is 1. The van der Waals surface area contributed by atoms with Crippen molar-refractivity contribution in [2.24, 2.45) is 5.92 Å². The van der Waals surface area contributed by atoms with Crippen molar-refractivity contribution in [2.45, 2.75) is 19.3 Å². The zero-order valence-corrected chi connectivity index (χ0v) is 18.6. The molecule has 1 saturated heterocycles. The summed E-state index contributed by atoms with van der Waals surface area (Å²) in [6.07, 6.45) is 1.61. The van der Waals surface area contributed by atoms with Crippen LogP contribution in [0.3, 0.4) is 0 Å². The highest BCUT2D eigenvalue weighted by molar-refractivity contribution is 7.20. The van der Waals surface area contributed by atoms with Crippen LogP contribution < -0.4 is 0 Å². The Kier molecular flexibility index (Phi) is 6.35. The fourth-order valence-corrected chi connectivity index (χ4v) is 5.38. The van der Waals surface area contributed by atoms with Crippen molar-refractivity contribution in [1.29, 1.82) is 0 Å². The maximum absolute atomic E-state index is 12.7. The summed E-state index contributed by atoms with van der Waals surface area (Å²) in [4.78, 5) is 32.9. The van der Waals surface area contributed by atoms with Crippen LogP contribution in [0.25, 0.3) is 9.88 Å². The topological polar surface area (TPSA) is 50.3 Å². The van der Waals surface area contributed by atoms with Gasteiger partial charge in [0.1, 0.15) is 5.01 Å². The number of likely N-dealkylation sites (tertiary alicyclic amines) is 1. The van der Waals surface area contributed by atoms with Crippen molar-refractivity contribution in [3.05, 3.63) is 62.4 Å². The Hall–Kier alpha value is -1.73. The van der Waals surface area contributed by atoms with Crippen LogP contribution >= 0.6 is 45.9 Å². The molecule has 29 heavy (non-hydrogen) atoms. The van der Waals surface area contributed by atoms with Crippen molar-refractivity contribution in [3.63, 3.8) is 0 Å². The standard InChI is InChI=1S/C21H18Cl2N2O2S2/c22-16-4-3-14(10-17(16)23)20(27)13-5-7-25(8-6-13)19(26)11-15-12-29-21(24-15)18-2-1-9-28-18/h1-4,9-10,12-13H,5-8,11H2. The van der Waals surface area contributed by atoms with E-state index in [4.69, 9.17) is 23.2 Å². The molecule has 1 aromatic carbocycles. The first kappa shape index (κ1) is 20.5. The van der Waals surface area contributed by atoms with Gasteiger partial charge in [0.15, 0.2) is 5.78 Å². The quantitative estimate of drug-likeness (QED) is 0.445. The van der Waals surface area contributed by atoms with Crippen LogP contribution in [0.1, 0.15) is 28.9 Å². The van der Waals surface area contributed by atoms with E-state index in [2.05, 4.69) is 4.98 Å². The molecule has 2 aromatic heterocycles. The lowest BCUT2D eigenvalue weighted by molar-refractivity contribution is -0.131. The minimum Gasteiger partial charge on any atom is -0.342 e. The van der Waals surface area contributed by atoms with Crippen LogP contribution in [-0.4, -0.2) is 34.7 Å². The molecule has 0 atom stereocenters. The molecule has 1 fully saturated rings. The van der Waals surface area contributed by atoms with Crippen molar-refractivity contribution >= 4 is 57.6 Å². The number of nitrogens with zero attached hydrogens (tertiary/aromatic N) is 2. The van der Waals surface area contributed by atoms with Crippen molar-refractivity contribution < 1.29 is 9.59 Å². The van der Waals surface area contributed by atoms with Crippen LogP contribution in [0.4, 0.5) is 0 Å². The van der Waals surface area contributed by atoms with Gasteiger partial charge in [0.2, 0.25) is 5.91 Å². The Morgan fingerprint density at radius 1 is 1.10 bits per heavy atom. The van der Waals surface area contributed by atoms with Crippen LogP contribution in [0.2, 0.25) is 10.0 Å². The average Bonchev–Trinajstić information content (AvgIpc) is 3.41. The first-order chi connectivity index (χ1) is 14.0. The van der Waals surface area contributed by atoms with Gasteiger partial charge in [-0.2, -0.15) is 0 Å². The average molecular weight is 465 g/mol. The third-order valence-corrected chi connectivity index (χ3v) is 7.71. The molecule has 8 heteroatoms. The first-order valence-electron chi connectivity index (χ1n) is 9.26. The van der Waals surface area contributed by atoms with E-state index in [0.29, 0.717) is 48.0 Å². The van der Waals surface area contributed by atoms with E-state index in [1.807, 2.05) is 27.8 Å². The van der Waals surface area contributed by atoms with E-state index in [1.54, 1.807) is 40.9 Å². The summed E-state index contributed by atoms with van der Waals surface area (Å²) < 4.78 is 0. The lowest BCUT2D eigenvalue weighted by atomic mass is 9.89. The number of carbonyl (C=O) groups excluding carboxylic acids is 2. The molecule has 3 aromatic rings. The van der Waals surface area contributed by atoms with E-state index in [0.717, 1.165) is 15.6 Å². The number of Topliss-reactive ketones (excluding diaryl/α,β-unsaturated/α-hetero) is 1. The molecule has 4 rings (SSSR count). The van der Waals surface area contributed by atoms with Crippen LogP contribution in [0.5, 0.6) is 0 Å².